The van der Waals surface area contributed by atoms with Crippen LogP contribution in [0.5, 0.6) is 5.75 Å². The number of carbonyl (C=O) groups excluding carboxylic acids is 2. The summed E-state index contributed by atoms with van der Waals surface area (Å²) in [6, 6.07) is 13.3. The maximum Gasteiger partial charge on any atom is 0.244 e. The maximum atomic E-state index is 13.3. The van der Waals surface area contributed by atoms with Gasteiger partial charge >= 0.3 is 0 Å². The van der Waals surface area contributed by atoms with Gasteiger partial charge in [-0.05, 0) is 31.5 Å². The normalized spacial score (nSPS) is 12.0. The Labute approximate surface area is 183 Å². The Morgan fingerprint density at radius 3 is 2.39 bits per heavy atom. The number of methoxy groups -OCH3 is 1. The molecule has 0 bridgehead atoms. The molecule has 0 spiro atoms. The summed E-state index contributed by atoms with van der Waals surface area (Å²) < 4.78 is 31.2. The second-order valence-corrected chi connectivity index (χ2v) is 9.18. The summed E-state index contributed by atoms with van der Waals surface area (Å²) in [5.41, 5.74) is 2.17. The number of hydrogen-bond donors (Lipinski definition) is 1. The smallest absolute Gasteiger partial charge is 0.244 e. The van der Waals surface area contributed by atoms with Crippen LogP contribution in [0.15, 0.2) is 48.5 Å². The number of amides is 2. The van der Waals surface area contributed by atoms with Gasteiger partial charge in [-0.15, -0.1) is 0 Å². The highest BCUT2D eigenvalue weighted by Crippen LogP contribution is 2.23. The van der Waals surface area contributed by atoms with Crippen LogP contribution >= 0.6 is 0 Å². The molecule has 8 nitrogen and oxygen atoms in total. The van der Waals surface area contributed by atoms with Crippen molar-refractivity contribution in [2.45, 2.75) is 26.4 Å². The van der Waals surface area contributed by atoms with Crippen molar-refractivity contribution in [1.82, 2.24) is 10.2 Å². The molecular formula is C22H29N3O5S. The lowest BCUT2D eigenvalue weighted by atomic mass is 10.1. The summed E-state index contributed by atoms with van der Waals surface area (Å²) in [7, 11) is -0.804. The molecule has 1 N–H and O–H groups in total. The molecule has 2 amide bonds. The zero-order chi connectivity index (χ0) is 23.2. The number of sulfonamides is 1. The van der Waals surface area contributed by atoms with Gasteiger partial charge < -0.3 is 15.0 Å². The van der Waals surface area contributed by atoms with Crippen molar-refractivity contribution >= 4 is 27.5 Å². The van der Waals surface area contributed by atoms with E-state index in [2.05, 4.69) is 5.32 Å². The summed E-state index contributed by atoms with van der Waals surface area (Å²) >= 11 is 0. The summed E-state index contributed by atoms with van der Waals surface area (Å²) in [4.78, 5) is 27.0. The zero-order valence-electron chi connectivity index (χ0n) is 18.5. The van der Waals surface area contributed by atoms with Crippen molar-refractivity contribution in [1.29, 1.82) is 0 Å². The Morgan fingerprint density at radius 2 is 1.81 bits per heavy atom. The van der Waals surface area contributed by atoms with Gasteiger partial charge in [0.1, 0.15) is 18.3 Å². The average Bonchev–Trinajstić information content (AvgIpc) is 2.73. The third-order valence-corrected chi connectivity index (χ3v) is 6.01. The molecule has 0 saturated carbocycles. The molecule has 0 unspecified atom stereocenters. The molecule has 0 aliphatic heterocycles. The molecule has 1 atom stereocenters. The number of hydrogen-bond acceptors (Lipinski definition) is 5. The Bertz CT molecular complexity index is 1040. The fourth-order valence-corrected chi connectivity index (χ4v) is 4.02. The van der Waals surface area contributed by atoms with Crippen molar-refractivity contribution in [3.05, 3.63) is 59.7 Å². The van der Waals surface area contributed by atoms with Gasteiger partial charge in [-0.25, -0.2) is 8.42 Å². The van der Waals surface area contributed by atoms with E-state index >= 15 is 0 Å². The number of benzene rings is 2. The number of likely N-dealkylation sites (N-methyl/N-ethyl adjacent to an activating group) is 1. The van der Waals surface area contributed by atoms with Crippen molar-refractivity contribution in [3.63, 3.8) is 0 Å². The highest BCUT2D eigenvalue weighted by molar-refractivity contribution is 7.92. The van der Waals surface area contributed by atoms with E-state index in [-0.39, 0.29) is 12.5 Å². The average molecular weight is 448 g/mol. The third-order valence-electron chi connectivity index (χ3n) is 4.87. The van der Waals surface area contributed by atoms with E-state index in [9.17, 15) is 18.0 Å². The summed E-state index contributed by atoms with van der Waals surface area (Å²) in [5.74, 6) is -0.368. The van der Waals surface area contributed by atoms with Crippen LogP contribution < -0.4 is 14.4 Å². The minimum Gasteiger partial charge on any atom is -0.497 e. The molecular weight excluding hydrogens is 418 g/mol. The molecule has 0 aliphatic carbocycles. The van der Waals surface area contributed by atoms with Crippen molar-refractivity contribution in [2.75, 3.05) is 31.3 Å². The van der Waals surface area contributed by atoms with Gasteiger partial charge in [0.15, 0.2) is 0 Å². The third kappa shape index (κ3) is 6.45. The molecule has 9 heteroatoms. The van der Waals surface area contributed by atoms with Crippen LogP contribution in [-0.2, 0) is 26.2 Å². The van der Waals surface area contributed by atoms with Crippen LogP contribution in [0, 0.1) is 6.92 Å². The summed E-state index contributed by atoms with van der Waals surface area (Å²) in [6.45, 7) is 3.28. The van der Waals surface area contributed by atoms with Crippen LogP contribution in [0.3, 0.4) is 0 Å². The van der Waals surface area contributed by atoms with E-state index in [1.54, 1.807) is 31.2 Å². The number of nitrogens with zero attached hydrogens (tertiary/aromatic N) is 2. The van der Waals surface area contributed by atoms with Crippen LogP contribution in [-0.4, -0.2) is 58.1 Å². The van der Waals surface area contributed by atoms with Crippen LogP contribution in [0.4, 0.5) is 5.69 Å². The molecule has 0 saturated heterocycles. The number of ether oxygens (including phenoxy) is 1. The van der Waals surface area contributed by atoms with E-state index < -0.39 is 28.5 Å². The molecule has 0 aromatic heterocycles. The molecule has 0 fully saturated rings. The van der Waals surface area contributed by atoms with Gasteiger partial charge in [0, 0.05) is 19.7 Å². The van der Waals surface area contributed by atoms with Gasteiger partial charge in [-0.1, -0.05) is 35.9 Å². The Morgan fingerprint density at radius 1 is 1.13 bits per heavy atom. The highest BCUT2D eigenvalue weighted by atomic mass is 32.2. The maximum absolute atomic E-state index is 13.3. The lowest BCUT2D eigenvalue weighted by Gasteiger charge is -2.31. The largest absolute Gasteiger partial charge is 0.497 e. The Kier molecular flexibility index (Phi) is 8.04. The monoisotopic (exact) mass is 447 g/mol. The summed E-state index contributed by atoms with van der Waals surface area (Å²) in [6.07, 6.45) is 1.03. The number of anilines is 1. The van der Waals surface area contributed by atoms with Crippen molar-refractivity contribution in [2.24, 2.45) is 0 Å². The van der Waals surface area contributed by atoms with E-state index in [0.717, 1.165) is 21.7 Å². The van der Waals surface area contributed by atoms with Gasteiger partial charge in [0.2, 0.25) is 21.8 Å². The van der Waals surface area contributed by atoms with Gasteiger partial charge in [0.05, 0.1) is 19.1 Å². The Hall–Kier alpha value is -3.07. The molecule has 0 aliphatic rings. The van der Waals surface area contributed by atoms with Gasteiger partial charge in [-0.3, -0.25) is 13.9 Å². The second-order valence-electron chi connectivity index (χ2n) is 7.27. The predicted molar refractivity (Wildman–Crippen MR) is 120 cm³/mol. The first kappa shape index (κ1) is 24.2. The standard InChI is InChI=1S/C22H29N3O5S/c1-16-8-6-9-18(12-16)14-24(17(2)22(27)23-3)21(26)15-25(31(5,28)29)19-10-7-11-20(13-19)30-4/h6-13,17H,14-15H2,1-5H3,(H,23,27)/t17-/m0/s1. The topological polar surface area (TPSA) is 96.0 Å². The first-order valence-electron chi connectivity index (χ1n) is 9.75. The van der Waals surface area contributed by atoms with E-state index in [1.165, 1.54) is 19.1 Å². The zero-order valence-corrected chi connectivity index (χ0v) is 19.3. The molecule has 168 valence electrons. The van der Waals surface area contributed by atoms with Crippen LogP contribution in [0.25, 0.3) is 0 Å². The first-order chi connectivity index (χ1) is 14.6. The molecule has 2 aromatic carbocycles. The van der Waals surface area contributed by atoms with E-state index in [0.29, 0.717) is 11.4 Å². The highest BCUT2D eigenvalue weighted by Gasteiger charge is 2.29. The fraction of sp³-hybridized carbons (Fsp3) is 0.364. The van der Waals surface area contributed by atoms with E-state index in [4.69, 9.17) is 4.74 Å². The Balaban J connectivity index is 2.39. The minimum atomic E-state index is -3.77. The van der Waals surface area contributed by atoms with Gasteiger partial charge in [0.25, 0.3) is 0 Å². The SMILES string of the molecule is CNC(=O)[C@H](C)N(Cc1cccc(C)c1)C(=O)CN(c1cccc(OC)c1)S(C)(=O)=O. The molecule has 2 rings (SSSR count). The number of rotatable bonds is 9. The van der Waals surface area contributed by atoms with Crippen molar-refractivity contribution < 1.29 is 22.7 Å². The first-order valence-corrected chi connectivity index (χ1v) is 11.6. The molecule has 2 aromatic rings. The predicted octanol–water partition coefficient (Wildman–Crippen LogP) is 1.93. The lowest BCUT2D eigenvalue weighted by Crippen LogP contribution is -2.50. The van der Waals surface area contributed by atoms with Crippen molar-refractivity contribution in [3.8, 4) is 5.75 Å². The molecule has 0 radical (unpaired) electrons. The van der Waals surface area contributed by atoms with Crippen LogP contribution in [0.1, 0.15) is 18.1 Å². The second kappa shape index (κ2) is 10.3. The summed E-state index contributed by atoms with van der Waals surface area (Å²) in [5, 5.41) is 2.55. The number of nitrogens with one attached hydrogen (secondary N) is 1. The lowest BCUT2D eigenvalue weighted by molar-refractivity contribution is -0.139. The molecule has 31 heavy (non-hydrogen) atoms. The molecule has 0 heterocycles. The number of carbonyl (C=O) groups is 2. The van der Waals surface area contributed by atoms with Gasteiger partial charge in [-0.2, -0.15) is 0 Å². The van der Waals surface area contributed by atoms with E-state index in [1.807, 2.05) is 31.2 Å². The number of aryl methyl sites for hydroxylation is 1. The minimum absolute atomic E-state index is 0.171. The quantitative estimate of drug-likeness (QED) is 0.634. The van der Waals surface area contributed by atoms with Crippen LogP contribution in [0.2, 0.25) is 0 Å². The fourth-order valence-electron chi connectivity index (χ4n) is 3.18.